The smallest absolute Gasteiger partial charge is 0.236 e. The van der Waals surface area contributed by atoms with E-state index in [0.717, 1.165) is 31.0 Å². The number of furan rings is 1. The van der Waals surface area contributed by atoms with Gasteiger partial charge < -0.3 is 14.6 Å². The summed E-state index contributed by atoms with van der Waals surface area (Å²) < 4.78 is 7.23. The number of aryl methyl sites for hydroxylation is 2. The molecule has 0 fully saturated rings. The Balaban J connectivity index is 1.53. The number of nitrogens with zero attached hydrogens (tertiary/aromatic N) is 5. The summed E-state index contributed by atoms with van der Waals surface area (Å²) in [7, 11) is 0. The average Bonchev–Trinajstić information content (AvgIpc) is 3.24. The molecule has 1 aliphatic heterocycles. The molecule has 1 atom stereocenters. The van der Waals surface area contributed by atoms with Crippen LogP contribution >= 0.6 is 0 Å². The molecule has 0 unspecified atom stereocenters. The van der Waals surface area contributed by atoms with Crippen molar-refractivity contribution >= 4 is 5.91 Å². The fourth-order valence-electron chi connectivity index (χ4n) is 3.01. The van der Waals surface area contributed by atoms with Gasteiger partial charge in [0.2, 0.25) is 5.91 Å². The third-order valence-electron chi connectivity index (χ3n) is 4.28. The van der Waals surface area contributed by atoms with Gasteiger partial charge in [0.05, 0.1) is 38.4 Å². The van der Waals surface area contributed by atoms with Crippen molar-refractivity contribution < 1.29 is 9.21 Å². The van der Waals surface area contributed by atoms with Crippen LogP contribution in [0.15, 0.2) is 22.8 Å². The van der Waals surface area contributed by atoms with Crippen molar-refractivity contribution in [1.82, 2.24) is 25.0 Å². The normalized spacial score (nSPS) is 16.2. The van der Waals surface area contributed by atoms with Crippen LogP contribution in [0.4, 0.5) is 0 Å². The Morgan fingerprint density at radius 2 is 2.48 bits per heavy atom. The number of hydrogen-bond acceptors (Lipinski definition) is 6. The van der Waals surface area contributed by atoms with E-state index in [1.54, 1.807) is 17.2 Å². The Morgan fingerprint density at radius 1 is 1.60 bits per heavy atom. The maximum atomic E-state index is 12.5. The molecule has 0 aliphatic carbocycles. The van der Waals surface area contributed by atoms with Crippen molar-refractivity contribution in [2.45, 2.75) is 45.3 Å². The first kappa shape index (κ1) is 17.2. The first-order valence-electron chi connectivity index (χ1n) is 8.46. The summed E-state index contributed by atoms with van der Waals surface area (Å²) in [6.45, 7) is 3.62. The van der Waals surface area contributed by atoms with E-state index >= 15 is 0 Å². The lowest BCUT2D eigenvalue weighted by atomic mass is 10.1. The SMILES string of the molecule is Cc1nc2n(n1)C[C@@H](NCC(=O)N(CCC#N)Cc1ccco1)CC2. The molecule has 1 aliphatic rings. The van der Waals surface area contributed by atoms with Crippen molar-refractivity contribution in [3.8, 4) is 6.07 Å². The van der Waals surface area contributed by atoms with Crippen molar-refractivity contribution in [2.75, 3.05) is 13.1 Å². The van der Waals surface area contributed by atoms with E-state index in [1.165, 1.54) is 0 Å². The molecule has 3 rings (SSSR count). The Kier molecular flexibility index (Phi) is 5.46. The number of amides is 1. The molecule has 1 N–H and O–H groups in total. The third kappa shape index (κ3) is 4.45. The fraction of sp³-hybridized carbons (Fsp3) is 0.529. The monoisotopic (exact) mass is 342 g/mol. The van der Waals surface area contributed by atoms with Crippen LogP contribution in [0, 0.1) is 18.3 Å². The van der Waals surface area contributed by atoms with Crippen LogP contribution in [0.25, 0.3) is 0 Å². The van der Waals surface area contributed by atoms with Crippen LogP contribution in [0.3, 0.4) is 0 Å². The van der Waals surface area contributed by atoms with Gasteiger partial charge in [0.25, 0.3) is 0 Å². The number of nitrogens with one attached hydrogen (secondary N) is 1. The highest BCUT2D eigenvalue weighted by Gasteiger charge is 2.22. The molecule has 8 nitrogen and oxygen atoms in total. The van der Waals surface area contributed by atoms with Gasteiger partial charge in [-0.2, -0.15) is 10.4 Å². The molecule has 3 heterocycles. The molecule has 0 saturated carbocycles. The molecule has 0 spiro atoms. The van der Waals surface area contributed by atoms with Crippen LogP contribution in [0.2, 0.25) is 0 Å². The largest absolute Gasteiger partial charge is 0.467 e. The van der Waals surface area contributed by atoms with Gasteiger partial charge in [-0.05, 0) is 25.5 Å². The summed E-state index contributed by atoms with van der Waals surface area (Å²) in [4.78, 5) is 18.6. The van der Waals surface area contributed by atoms with Gasteiger partial charge in [-0.15, -0.1) is 0 Å². The number of nitriles is 1. The lowest BCUT2D eigenvalue weighted by Crippen LogP contribution is -2.44. The standard InChI is InChI=1S/C17H22N6O2/c1-13-20-16-6-5-14(11-23(16)21-13)19-10-17(24)22(8-3-7-18)12-15-4-2-9-25-15/h2,4,9,14,19H,3,5-6,8,10-12H2,1H3/t14-/m0/s1. The number of rotatable bonds is 7. The molecule has 0 saturated heterocycles. The first-order valence-corrected chi connectivity index (χ1v) is 8.46. The van der Waals surface area contributed by atoms with Gasteiger partial charge in [0.15, 0.2) is 0 Å². The molecule has 2 aromatic rings. The highest BCUT2D eigenvalue weighted by molar-refractivity contribution is 5.78. The van der Waals surface area contributed by atoms with E-state index < -0.39 is 0 Å². The second kappa shape index (κ2) is 7.94. The van der Waals surface area contributed by atoms with Gasteiger partial charge in [-0.25, -0.2) is 9.67 Å². The summed E-state index contributed by atoms with van der Waals surface area (Å²) in [5, 5.41) is 16.5. The van der Waals surface area contributed by atoms with E-state index in [9.17, 15) is 4.79 Å². The topological polar surface area (TPSA) is 100.0 Å². The Hall–Kier alpha value is -2.66. The summed E-state index contributed by atoms with van der Waals surface area (Å²) in [6, 6.07) is 5.90. The molecule has 0 bridgehead atoms. The summed E-state index contributed by atoms with van der Waals surface area (Å²) in [5.41, 5.74) is 0. The molecule has 2 aromatic heterocycles. The highest BCUT2D eigenvalue weighted by atomic mass is 16.3. The molecule has 0 aromatic carbocycles. The predicted molar refractivity (Wildman–Crippen MR) is 89.2 cm³/mol. The molecule has 1 amide bonds. The van der Waals surface area contributed by atoms with Gasteiger partial charge in [0.1, 0.15) is 17.4 Å². The third-order valence-corrected chi connectivity index (χ3v) is 4.28. The summed E-state index contributed by atoms with van der Waals surface area (Å²) in [6.07, 6.45) is 3.68. The summed E-state index contributed by atoms with van der Waals surface area (Å²) >= 11 is 0. The van der Waals surface area contributed by atoms with Crippen LogP contribution in [-0.4, -0.2) is 44.7 Å². The van der Waals surface area contributed by atoms with E-state index in [-0.39, 0.29) is 18.5 Å². The molecular weight excluding hydrogens is 320 g/mol. The predicted octanol–water partition coefficient (Wildman–Crippen LogP) is 1.03. The minimum Gasteiger partial charge on any atom is -0.467 e. The zero-order valence-corrected chi connectivity index (χ0v) is 14.3. The molecule has 8 heteroatoms. The Bertz CT molecular complexity index is 746. The van der Waals surface area contributed by atoms with Gasteiger partial charge >= 0.3 is 0 Å². The maximum Gasteiger partial charge on any atom is 0.236 e. The van der Waals surface area contributed by atoms with Gasteiger partial charge in [-0.1, -0.05) is 0 Å². The van der Waals surface area contributed by atoms with E-state index in [1.807, 2.05) is 17.7 Å². The first-order chi connectivity index (χ1) is 12.2. The Labute approximate surface area is 146 Å². The van der Waals surface area contributed by atoms with E-state index in [2.05, 4.69) is 21.5 Å². The van der Waals surface area contributed by atoms with Crippen LogP contribution in [0.1, 0.15) is 30.3 Å². The lowest BCUT2D eigenvalue weighted by Gasteiger charge is -2.26. The van der Waals surface area contributed by atoms with Crippen molar-refractivity contribution in [2.24, 2.45) is 0 Å². The fourth-order valence-corrected chi connectivity index (χ4v) is 3.01. The van der Waals surface area contributed by atoms with Crippen LogP contribution in [-0.2, 0) is 24.3 Å². The van der Waals surface area contributed by atoms with Gasteiger partial charge in [-0.3, -0.25) is 4.79 Å². The second-order valence-electron chi connectivity index (χ2n) is 6.18. The highest BCUT2D eigenvalue weighted by Crippen LogP contribution is 2.13. The van der Waals surface area contributed by atoms with Gasteiger partial charge in [0, 0.05) is 19.0 Å². The zero-order chi connectivity index (χ0) is 17.6. The molecular formula is C17H22N6O2. The molecule has 0 radical (unpaired) electrons. The quantitative estimate of drug-likeness (QED) is 0.806. The van der Waals surface area contributed by atoms with E-state index in [0.29, 0.717) is 25.3 Å². The van der Waals surface area contributed by atoms with E-state index in [4.69, 9.17) is 9.68 Å². The minimum atomic E-state index is -0.0350. The number of hydrogen-bond donors (Lipinski definition) is 1. The molecule has 132 valence electrons. The minimum absolute atomic E-state index is 0.0350. The number of fused-ring (bicyclic) bond motifs is 1. The molecule has 25 heavy (non-hydrogen) atoms. The number of carbonyl (C=O) groups excluding carboxylic acids is 1. The van der Waals surface area contributed by atoms with Crippen molar-refractivity contribution in [1.29, 1.82) is 5.26 Å². The van der Waals surface area contributed by atoms with Crippen LogP contribution < -0.4 is 5.32 Å². The van der Waals surface area contributed by atoms with Crippen molar-refractivity contribution in [3.63, 3.8) is 0 Å². The number of carbonyl (C=O) groups is 1. The lowest BCUT2D eigenvalue weighted by molar-refractivity contribution is -0.131. The second-order valence-corrected chi connectivity index (χ2v) is 6.18. The average molecular weight is 342 g/mol. The maximum absolute atomic E-state index is 12.5. The summed E-state index contributed by atoms with van der Waals surface area (Å²) in [5.74, 6) is 2.47. The van der Waals surface area contributed by atoms with Crippen molar-refractivity contribution in [3.05, 3.63) is 35.8 Å². The van der Waals surface area contributed by atoms with Crippen LogP contribution in [0.5, 0.6) is 0 Å². The Morgan fingerprint density at radius 3 is 3.24 bits per heavy atom. The number of aromatic nitrogens is 3. The zero-order valence-electron chi connectivity index (χ0n) is 14.3.